The van der Waals surface area contributed by atoms with Crippen LogP contribution in [0.15, 0.2) is 21.7 Å². The van der Waals surface area contributed by atoms with Crippen LogP contribution in [0.1, 0.15) is 43.8 Å². The molecule has 2 aromatic heterocycles. The second-order valence-corrected chi connectivity index (χ2v) is 7.59. The van der Waals surface area contributed by atoms with Gasteiger partial charge < -0.3 is 15.8 Å². The Morgan fingerprint density at radius 2 is 2.04 bits per heavy atom. The first-order chi connectivity index (χ1) is 13.3. The Morgan fingerprint density at radius 1 is 1.32 bits per heavy atom. The van der Waals surface area contributed by atoms with Crippen LogP contribution in [0.2, 0.25) is 0 Å². The lowest BCUT2D eigenvalue weighted by Crippen LogP contribution is -2.37. The van der Waals surface area contributed by atoms with E-state index in [9.17, 15) is 24.0 Å². The maximum Gasteiger partial charge on any atom is 0.330 e. The van der Waals surface area contributed by atoms with E-state index in [0.29, 0.717) is 4.88 Å². The molecule has 1 fully saturated rings. The van der Waals surface area contributed by atoms with Gasteiger partial charge in [-0.3, -0.25) is 28.7 Å². The van der Waals surface area contributed by atoms with E-state index >= 15 is 0 Å². The summed E-state index contributed by atoms with van der Waals surface area (Å²) in [6, 6.07) is 3.27. The molecule has 0 spiro atoms. The maximum absolute atomic E-state index is 12.3. The predicted molar refractivity (Wildman–Crippen MR) is 101 cm³/mol. The highest BCUT2D eigenvalue weighted by Crippen LogP contribution is 2.35. The molecule has 2 aromatic rings. The number of rotatable bonds is 7. The number of nitrogens with two attached hydrogens (primary N) is 1. The summed E-state index contributed by atoms with van der Waals surface area (Å²) in [4.78, 5) is 63.2. The van der Waals surface area contributed by atoms with Gasteiger partial charge in [0, 0.05) is 10.9 Å². The number of carbonyl (C=O) groups is 3. The number of aromatic nitrogens is 2. The van der Waals surface area contributed by atoms with Crippen molar-refractivity contribution >= 4 is 34.8 Å². The summed E-state index contributed by atoms with van der Waals surface area (Å²) >= 11 is 1.28. The summed E-state index contributed by atoms with van der Waals surface area (Å²) in [5.41, 5.74) is 3.80. The number of esters is 1. The number of nitrogen functional groups attached to an aromatic ring is 1. The van der Waals surface area contributed by atoms with Crippen LogP contribution >= 0.6 is 11.3 Å². The number of hydrogen-bond donors (Lipinski definition) is 3. The lowest BCUT2D eigenvalue weighted by Gasteiger charge is -2.11. The van der Waals surface area contributed by atoms with Gasteiger partial charge in [-0.15, -0.1) is 11.3 Å². The van der Waals surface area contributed by atoms with Crippen molar-refractivity contribution < 1.29 is 19.1 Å². The molecule has 0 radical (unpaired) electrons. The summed E-state index contributed by atoms with van der Waals surface area (Å²) in [6.45, 7) is 0.681. The van der Waals surface area contributed by atoms with Gasteiger partial charge in [0.15, 0.2) is 6.61 Å². The summed E-state index contributed by atoms with van der Waals surface area (Å²) in [5, 5.41) is 2.39. The molecule has 0 aliphatic heterocycles. The topological polar surface area (TPSA) is 153 Å². The molecule has 11 heteroatoms. The highest BCUT2D eigenvalue weighted by atomic mass is 32.1. The van der Waals surface area contributed by atoms with Gasteiger partial charge in [0.05, 0.1) is 4.88 Å². The average molecular weight is 406 g/mol. The SMILES string of the molecule is Cc1ccc(C(=O)NCC(=O)OCC(=O)c2c(N)n(C3CC3)c(=O)[nH]c2=O)s1. The fourth-order valence-corrected chi connectivity index (χ4v) is 3.38. The van der Waals surface area contributed by atoms with Gasteiger partial charge in [0.25, 0.3) is 11.5 Å². The Bertz CT molecular complexity index is 1060. The molecule has 0 aromatic carbocycles. The van der Waals surface area contributed by atoms with Crippen LogP contribution in [-0.2, 0) is 9.53 Å². The quantitative estimate of drug-likeness (QED) is 0.431. The molecule has 3 rings (SSSR count). The van der Waals surface area contributed by atoms with Crippen molar-refractivity contribution in [3.05, 3.63) is 48.3 Å². The summed E-state index contributed by atoms with van der Waals surface area (Å²) < 4.78 is 5.98. The number of amides is 1. The number of hydrogen-bond acceptors (Lipinski definition) is 8. The van der Waals surface area contributed by atoms with E-state index in [4.69, 9.17) is 10.5 Å². The van der Waals surface area contributed by atoms with Gasteiger partial charge >= 0.3 is 11.7 Å². The Labute approximate surface area is 162 Å². The molecule has 1 aliphatic carbocycles. The number of nitrogens with one attached hydrogen (secondary N) is 2. The smallest absolute Gasteiger partial charge is 0.330 e. The second-order valence-electron chi connectivity index (χ2n) is 6.30. The number of thiophene rings is 1. The molecule has 2 heterocycles. The van der Waals surface area contributed by atoms with Crippen LogP contribution in [0.25, 0.3) is 0 Å². The summed E-state index contributed by atoms with van der Waals surface area (Å²) in [7, 11) is 0. The molecule has 0 atom stereocenters. The van der Waals surface area contributed by atoms with Crippen molar-refractivity contribution in [2.75, 3.05) is 18.9 Å². The first-order valence-electron chi connectivity index (χ1n) is 8.45. The molecule has 1 aliphatic rings. The van der Waals surface area contributed by atoms with Gasteiger partial charge in [0.1, 0.15) is 17.9 Å². The number of aryl methyl sites for hydroxylation is 1. The number of nitrogens with zero attached hydrogens (tertiary/aromatic N) is 1. The van der Waals surface area contributed by atoms with Crippen molar-refractivity contribution in [1.29, 1.82) is 0 Å². The lowest BCUT2D eigenvalue weighted by atomic mass is 10.2. The Hall–Kier alpha value is -3.21. The van der Waals surface area contributed by atoms with Crippen LogP contribution in [0, 0.1) is 6.92 Å². The molecule has 28 heavy (non-hydrogen) atoms. The first-order valence-corrected chi connectivity index (χ1v) is 9.27. The number of Topliss-reactive ketones (excluding diaryl/α,β-unsaturated/α-hetero) is 1. The maximum atomic E-state index is 12.3. The van der Waals surface area contributed by atoms with Gasteiger partial charge in [0.2, 0.25) is 5.78 Å². The lowest BCUT2D eigenvalue weighted by molar-refractivity contribution is -0.141. The highest BCUT2D eigenvalue weighted by Gasteiger charge is 2.30. The number of carbonyl (C=O) groups excluding carboxylic acids is 3. The van der Waals surface area contributed by atoms with E-state index < -0.39 is 47.6 Å². The summed E-state index contributed by atoms with van der Waals surface area (Å²) in [5.74, 6) is -2.35. The van der Waals surface area contributed by atoms with Crippen molar-refractivity contribution in [3.8, 4) is 0 Å². The minimum absolute atomic E-state index is 0.144. The van der Waals surface area contributed by atoms with Crippen molar-refractivity contribution in [3.63, 3.8) is 0 Å². The van der Waals surface area contributed by atoms with E-state index in [1.54, 1.807) is 12.1 Å². The normalized spacial score (nSPS) is 13.2. The Morgan fingerprint density at radius 3 is 2.64 bits per heavy atom. The number of ketones is 1. The van der Waals surface area contributed by atoms with E-state index in [1.807, 2.05) is 6.92 Å². The van der Waals surface area contributed by atoms with Crippen molar-refractivity contribution in [1.82, 2.24) is 14.9 Å². The number of anilines is 1. The molecular weight excluding hydrogens is 388 g/mol. The van der Waals surface area contributed by atoms with Gasteiger partial charge in [-0.25, -0.2) is 4.79 Å². The fraction of sp³-hybridized carbons (Fsp3) is 0.353. The minimum atomic E-state index is -0.929. The second kappa shape index (κ2) is 7.80. The molecule has 1 saturated carbocycles. The fourth-order valence-electron chi connectivity index (χ4n) is 2.60. The average Bonchev–Trinajstić information content (AvgIpc) is 3.36. The number of ether oxygens (including phenoxy) is 1. The molecule has 10 nitrogen and oxygen atoms in total. The monoisotopic (exact) mass is 406 g/mol. The van der Waals surface area contributed by atoms with E-state index in [0.717, 1.165) is 17.7 Å². The van der Waals surface area contributed by atoms with Crippen LogP contribution in [0.5, 0.6) is 0 Å². The molecule has 4 N–H and O–H groups in total. The van der Waals surface area contributed by atoms with Crippen molar-refractivity contribution in [2.45, 2.75) is 25.8 Å². The van der Waals surface area contributed by atoms with Crippen LogP contribution in [0.4, 0.5) is 5.82 Å². The molecule has 1 amide bonds. The number of H-pyrrole nitrogens is 1. The minimum Gasteiger partial charge on any atom is -0.456 e. The molecule has 0 unspecified atom stereocenters. The third-order valence-corrected chi connectivity index (χ3v) is 5.09. The molecular formula is C17H18N4O6S. The zero-order valence-corrected chi connectivity index (χ0v) is 15.8. The van der Waals surface area contributed by atoms with Gasteiger partial charge in [-0.1, -0.05) is 0 Å². The standard InChI is InChI=1S/C17H18N4O6S/c1-8-2-5-11(28-8)15(24)19-6-12(23)27-7-10(22)13-14(18)21(9-3-4-9)17(26)20-16(13)25/h2,5,9H,3-4,6-7,18H2,1H3,(H,19,24)(H,20,25,26). The van der Waals surface area contributed by atoms with Gasteiger partial charge in [-0.05, 0) is 31.9 Å². The van der Waals surface area contributed by atoms with Gasteiger partial charge in [-0.2, -0.15) is 0 Å². The van der Waals surface area contributed by atoms with E-state index in [1.165, 1.54) is 15.9 Å². The van der Waals surface area contributed by atoms with Crippen LogP contribution in [0.3, 0.4) is 0 Å². The van der Waals surface area contributed by atoms with Crippen molar-refractivity contribution in [2.24, 2.45) is 0 Å². The molecule has 148 valence electrons. The number of aromatic amines is 1. The Balaban J connectivity index is 1.59. The largest absolute Gasteiger partial charge is 0.456 e. The van der Waals surface area contributed by atoms with E-state index in [-0.39, 0.29) is 11.9 Å². The summed E-state index contributed by atoms with van der Waals surface area (Å²) in [6.07, 6.45) is 1.45. The first kappa shape index (κ1) is 19.5. The zero-order valence-electron chi connectivity index (χ0n) is 14.9. The zero-order chi connectivity index (χ0) is 20.4. The third-order valence-electron chi connectivity index (χ3n) is 4.09. The highest BCUT2D eigenvalue weighted by molar-refractivity contribution is 7.13. The Kier molecular flexibility index (Phi) is 5.45. The third kappa shape index (κ3) is 4.19. The van der Waals surface area contributed by atoms with Crippen LogP contribution < -0.4 is 22.3 Å². The predicted octanol–water partition coefficient (Wildman–Crippen LogP) is -0.0205. The molecule has 0 bridgehead atoms. The van der Waals surface area contributed by atoms with E-state index in [2.05, 4.69) is 10.3 Å². The van der Waals surface area contributed by atoms with Crippen LogP contribution in [-0.4, -0.2) is 40.4 Å². The molecule has 0 saturated heterocycles.